The molecule has 21 heavy (non-hydrogen) atoms. The van der Waals surface area contributed by atoms with Crippen LogP contribution in [0.2, 0.25) is 0 Å². The highest BCUT2D eigenvalue weighted by atomic mass is 16.6. The van der Waals surface area contributed by atoms with Crippen molar-refractivity contribution in [2.75, 3.05) is 25.1 Å². The molecule has 3 N–H and O–H groups in total. The molecule has 1 aromatic rings. The predicted molar refractivity (Wildman–Crippen MR) is 73.5 cm³/mol. The van der Waals surface area contributed by atoms with Crippen LogP contribution in [-0.4, -0.2) is 46.5 Å². The molecule has 0 spiro atoms. The number of nitrogens with zero attached hydrogens (tertiary/aromatic N) is 1. The van der Waals surface area contributed by atoms with Gasteiger partial charge in [-0.15, -0.1) is 0 Å². The lowest BCUT2D eigenvalue weighted by Gasteiger charge is -2.32. The number of carbonyl (C=O) groups is 1. The average Bonchev–Trinajstić information content (AvgIpc) is 2.45. The first-order valence-electron chi connectivity index (χ1n) is 6.47. The summed E-state index contributed by atoms with van der Waals surface area (Å²) < 4.78 is 5.16. The van der Waals surface area contributed by atoms with Crippen LogP contribution >= 0.6 is 0 Å². The van der Waals surface area contributed by atoms with Crippen molar-refractivity contribution in [3.8, 4) is 0 Å². The quantitative estimate of drug-likeness (QED) is 0.552. The smallest absolute Gasteiger partial charge is 0.335 e. The molecule has 2 rings (SSSR count). The molecule has 0 amide bonds. The number of aromatic carboxylic acids is 1. The molecule has 0 aliphatic carbocycles. The summed E-state index contributed by atoms with van der Waals surface area (Å²) in [6.45, 7) is 0.950. The number of anilines is 1. The van der Waals surface area contributed by atoms with Gasteiger partial charge < -0.3 is 20.3 Å². The molecule has 1 fully saturated rings. The van der Waals surface area contributed by atoms with E-state index in [4.69, 9.17) is 9.84 Å². The number of nitro benzene ring substituents is 1. The molecule has 0 saturated carbocycles. The van der Waals surface area contributed by atoms with Crippen LogP contribution in [-0.2, 0) is 4.74 Å². The number of hydrogen-bond donors (Lipinski definition) is 3. The van der Waals surface area contributed by atoms with E-state index in [1.54, 1.807) is 0 Å². The Bertz CT molecular complexity index is 554. The summed E-state index contributed by atoms with van der Waals surface area (Å²) in [6, 6.07) is 3.51. The lowest BCUT2D eigenvalue weighted by atomic mass is 9.94. The summed E-state index contributed by atoms with van der Waals surface area (Å²) in [5, 5.41) is 33.0. The van der Waals surface area contributed by atoms with Crippen molar-refractivity contribution < 1.29 is 24.7 Å². The van der Waals surface area contributed by atoms with Crippen LogP contribution in [0.5, 0.6) is 0 Å². The number of hydrogen-bond acceptors (Lipinski definition) is 6. The second-order valence-corrected chi connectivity index (χ2v) is 4.98. The molecule has 1 aliphatic rings. The monoisotopic (exact) mass is 296 g/mol. The zero-order valence-corrected chi connectivity index (χ0v) is 11.2. The van der Waals surface area contributed by atoms with Gasteiger partial charge in [-0.1, -0.05) is 0 Å². The molecule has 1 aliphatic heterocycles. The number of ether oxygens (including phenoxy) is 1. The van der Waals surface area contributed by atoms with Crippen molar-refractivity contribution in [3.63, 3.8) is 0 Å². The maximum absolute atomic E-state index is 11.0. The Morgan fingerprint density at radius 1 is 1.43 bits per heavy atom. The van der Waals surface area contributed by atoms with Gasteiger partial charge in [0.15, 0.2) is 0 Å². The molecule has 1 saturated heterocycles. The molecule has 0 bridgehead atoms. The second-order valence-electron chi connectivity index (χ2n) is 4.98. The summed E-state index contributed by atoms with van der Waals surface area (Å²) in [5.41, 5.74) is -1.21. The van der Waals surface area contributed by atoms with Gasteiger partial charge in [-0.05, 0) is 12.1 Å². The minimum atomic E-state index is -1.17. The highest BCUT2D eigenvalue weighted by molar-refractivity contribution is 5.90. The summed E-state index contributed by atoms with van der Waals surface area (Å²) in [7, 11) is 0. The Kier molecular flexibility index (Phi) is 4.39. The number of nitrogens with one attached hydrogen (secondary N) is 1. The van der Waals surface area contributed by atoms with Crippen LogP contribution in [0.4, 0.5) is 11.4 Å². The topological polar surface area (TPSA) is 122 Å². The van der Waals surface area contributed by atoms with Crippen molar-refractivity contribution in [1.82, 2.24) is 0 Å². The van der Waals surface area contributed by atoms with Crippen molar-refractivity contribution >= 4 is 17.3 Å². The lowest BCUT2D eigenvalue weighted by Crippen LogP contribution is -2.42. The van der Waals surface area contributed by atoms with E-state index in [0.29, 0.717) is 26.1 Å². The third kappa shape index (κ3) is 3.67. The van der Waals surface area contributed by atoms with Crippen molar-refractivity contribution in [2.45, 2.75) is 18.4 Å². The predicted octanol–water partition coefficient (Wildman–Crippen LogP) is 1.25. The summed E-state index contributed by atoms with van der Waals surface area (Å²) >= 11 is 0. The van der Waals surface area contributed by atoms with Gasteiger partial charge in [0.25, 0.3) is 5.69 Å². The molecule has 0 unspecified atom stereocenters. The normalized spacial score (nSPS) is 17.2. The summed E-state index contributed by atoms with van der Waals surface area (Å²) in [6.07, 6.45) is 0.846. The van der Waals surface area contributed by atoms with Crippen molar-refractivity contribution in [3.05, 3.63) is 33.9 Å². The first-order chi connectivity index (χ1) is 9.91. The van der Waals surface area contributed by atoms with E-state index in [2.05, 4.69) is 5.32 Å². The number of carboxylic acid groups (broad SMARTS) is 1. The van der Waals surface area contributed by atoms with Crippen molar-refractivity contribution in [1.29, 1.82) is 0 Å². The van der Waals surface area contributed by atoms with Crippen LogP contribution < -0.4 is 5.32 Å². The van der Waals surface area contributed by atoms with Crippen LogP contribution in [0.3, 0.4) is 0 Å². The molecular weight excluding hydrogens is 280 g/mol. The Hall–Kier alpha value is -2.19. The Morgan fingerprint density at radius 3 is 2.67 bits per heavy atom. The third-order valence-electron chi connectivity index (χ3n) is 3.47. The van der Waals surface area contributed by atoms with E-state index >= 15 is 0 Å². The van der Waals surface area contributed by atoms with Gasteiger partial charge >= 0.3 is 5.97 Å². The molecule has 0 radical (unpaired) electrons. The minimum Gasteiger partial charge on any atom is -0.478 e. The highest BCUT2D eigenvalue weighted by Crippen LogP contribution is 2.28. The van der Waals surface area contributed by atoms with Gasteiger partial charge in [0.1, 0.15) is 5.69 Å². The maximum Gasteiger partial charge on any atom is 0.335 e. The van der Waals surface area contributed by atoms with Gasteiger partial charge in [0.05, 0.1) is 16.1 Å². The van der Waals surface area contributed by atoms with Crippen LogP contribution in [0.15, 0.2) is 18.2 Å². The Labute approximate surface area is 120 Å². The number of rotatable bonds is 5. The summed E-state index contributed by atoms with van der Waals surface area (Å²) in [4.78, 5) is 21.3. The lowest BCUT2D eigenvalue weighted by molar-refractivity contribution is -0.384. The van der Waals surface area contributed by atoms with Gasteiger partial charge in [0.2, 0.25) is 0 Å². The molecule has 1 heterocycles. The zero-order valence-electron chi connectivity index (χ0n) is 11.2. The number of aliphatic hydroxyl groups is 1. The van der Waals surface area contributed by atoms with Gasteiger partial charge in [-0.2, -0.15) is 0 Å². The van der Waals surface area contributed by atoms with E-state index in [1.807, 2.05) is 0 Å². The van der Waals surface area contributed by atoms with Gasteiger partial charge in [-0.25, -0.2) is 4.79 Å². The first kappa shape index (κ1) is 15.2. The largest absolute Gasteiger partial charge is 0.478 e. The standard InChI is InChI=1S/C13H16N2O6/c16-12(17)9-1-2-11(15(19)20)10(7-9)14-8-13(18)3-5-21-6-4-13/h1-2,7,14,18H,3-6,8H2,(H,16,17). The molecule has 8 nitrogen and oxygen atoms in total. The molecule has 0 aromatic heterocycles. The third-order valence-corrected chi connectivity index (χ3v) is 3.47. The van der Waals surface area contributed by atoms with Crippen LogP contribution in [0.1, 0.15) is 23.2 Å². The molecular formula is C13H16N2O6. The fraction of sp³-hybridized carbons (Fsp3) is 0.462. The number of benzene rings is 1. The Morgan fingerprint density at radius 2 is 2.10 bits per heavy atom. The fourth-order valence-corrected chi connectivity index (χ4v) is 2.16. The van der Waals surface area contributed by atoms with Crippen LogP contribution in [0.25, 0.3) is 0 Å². The van der Waals surface area contributed by atoms with Crippen molar-refractivity contribution in [2.24, 2.45) is 0 Å². The van der Waals surface area contributed by atoms with E-state index in [9.17, 15) is 20.0 Å². The second kappa shape index (κ2) is 6.06. The molecule has 1 aromatic carbocycles. The first-order valence-corrected chi connectivity index (χ1v) is 6.47. The maximum atomic E-state index is 11.0. The SMILES string of the molecule is O=C(O)c1ccc([N+](=O)[O-])c(NCC2(O)CCOCC2)c1. The van der Waals surface area contributed by atoms with E-state index < -0.39 is 16.5 Å². The fourth-order valence-electron chi connectivity index (χ4n) is 2.16. The summed E-state index contributed by atoms with van der Waals surface area (Å²) in [5.74, 6) is -1.17. The number of nitro groups is 1. The molecule has 0 atom stereocenters. The molecule has 8 heteroatoms. The zero-order chi connectivity index (χ0) is 15.5. The number of carboxylic acids is 1. The molecule has 114 valence electrons. The van der Waals surface area contributed by atoms with E-state index in [0.717, 1.165) is 6.07 Å². The van der Waals surface area contributed by atoms with Crippen LogP contribution in [0, 0.1) is 10.1 Å². The highest BCUT2D eigenvalue weighted by Gasteiger charge is 2.30. The Balaban J connectivity index is 2.18. The average molecular weight is 296 g/mol. The van der Waals surface area contributed by atoms with Gasteiger partial charge in [0, 0.05) is 38.7 Å². The van der Waals surface area contributed by atoms with Gasteiger partial charge in [-0.3, -0.25) is 10.1 Å². The van der Waals surface area contributed by atoms with E-state index in [-0.39, 0.29) is 23.5 Å². The minimum absolute atomic E-state index is 0.0536. The van der Waals surface area contributed by atoms with E-state index in [1.165, 1.54) is 12.1 Å².